The maximum Gasteiger partial charge on any atom is 0.340 e. The van der Waals surface area contributed by atoms with Crippen LogP contribution >= 0.6 is 30.6 Å². The quantitative estimate of drug-likeness (QED) is 0.524. The van der Waals surface area contributed by atoms with Crippen molar-refractivity contribution < 1.29 is 23.7 Å². The Kier molecular flexibility index (Phi) is 7.13. The predicted octanol–water partition coefficient (Wildman–Crippen LogP) is 4.67. The number of esters is 1. The maximum absolute atomic E-state index is 13.3. The zero-order valence-electron chi connectivity index (χ0n) is 14.4. The van der Waals surface area contributed by atoms with Gasteiger partial charge in [0.15, 0.2) is 0 Å². The third-order valence-corrected chi connectivity index (χ3v) is 6.90. The van der Waals surface area contributed by atoms with Gasteiger partial charge in [-0.1, -0.05) is 29.3 Å². The SMILES string of the molecule is CCOP(=O)(CCc1cc(Cl)c(C(=O)OC)c(Cl)c1)c1cccc(O)c1. The molecule has 8 heteroatoms. The number of phenols is 1. The van der Waals surface area contributed by atoms with Gasteiger partial charge in [0.25, 0.3) is 0 Å². The highest BCUT2D eigenvalue weighted by Gasteiger charge is 2.26. The first-order valence-corrected chi connectivity index (χ1v) is 10.5. The molecule has 0 spiro atoms. The lowest BCUT2D eigenvalue weighted by molar-refractivity contribution is 0.0601. The molecular weight excluding hydrogens is 398 g/mol. The van der Waals surface area contributed by atoms with Crippen LogP contribution in [0.25, 0.3) is 0 Å². The summed E-state index contributed by atoms with van der Waals surface area (Å²) in [7, 11) is -1.92. The molecular formula is C18H19Cl2O5P. The minimum absolute atomic E-state index is 0.0240. The number of aryl methyl sites for hydroxylation is 1. The van der Waals surface area contributed by atoms with E-state index in [1.54, 1.807) is 31.2 Å². The number of carbonyl (C=O) groups is 1. The molecule has 0 heterocycles. The fourth-order valence-electron chi connectivity index (χ4n) is 2.52. The normalized spacial score (nSPS) is 13.2. The zero-order valence-corrected chi connectivity index (χ0v) is 16.8. The highest BCUT2D eigenvalue weighted by molar-refractivity contribution is 7.67. The fraction of sp³-hybridized carbons (Fsp3) is 0.278. The summed E-state index contributed by atoms with van der Waals surface area (Å²) in [5, 5.41) is 10.4. The van der Waals surface area contributed by atoms with E-state index >= 15 is 0 Å². The molecule has 0 saturated carbocycles. The average molecular weight is 417 g/mol. The number of ether oxygens (including phenoxy) is 1. The van der Waals surface area contributed by atoms with Crippen LogP contribution in [0.3, 0.4) is 0 Å². The number of rotatable bonds is 7. The number of methoxy groups -OCH3 is 1. The van der Waals surface area contributed by atoms with Crippen LogP contribution in [0.1, 0.15) is 22.8 Å². The van der Waals surface area contributed by atoms with Crippen molar-refractivity contribution in [2.45, 2.75) is 13.3 Å². The van der Waals surface area contributed by atoms with Crippen LogP contribution in [0.4, 0.5) is 0 Å². The van der Waals surface area contributed by atoms with Crippen molar-refractivity contribution >= 4 is 41.8 Å². The minimum atomic E-state index is -3.17. The molecule has 1 unspecified atom stereocenters. The lowest BCUT2D eigenvalue weighted by Gasteiger charge is -2.19. The Labute approximate surface area is 162 Å². The van der Waals surface area contributed by atoms with Crippen LogP contribution in [-0.2, 0) is 20.2 Å². The standard InChI is InChI=1S/C18H19Cl2O5P/c1-3-25-26(23,14-6-4-5-13(21)11-14)8-7-12-9-15(19)17(16(20)10-12)18(22)24-2/h4-6,9-11,21H,3,7-8H2,1-2H3. The second kappa shape index (κ2) is 8.92. The fourth-order valence-corrected chi connectivity index (χ4v) is 5.36. The van der Waals surface area contributed by atoms with Gasteiger partial charge in [-0.2, -0.15) is 0 Å². The Morgan fingerprint density at radius 1 is 1.19 bits per heavy atom. The Bertz CT molecular complexity index is 830. The van der Waals surface area contributed by atoms with Gasteiger partial charge in [0, 0.05) is 11.5 Å². The molecule has 1 atom stereocenters. The molecule has 0 fully saturated rings. The number of benzene rings is 2. The van der Waals surface area contributed by atoms with Gasteiger partial charge in [-0.25, -0.2) is 4.79 Å². The molecule has 0 saturated heterocycles. The van der Waals surface area contributed by atoms with Crippen LogP contribution in [-0.4, -0.2) is 31.0 Å². The summed E-state index contributed by atoms with van der Waals surface area (Å²) >= 11 is 12.3. The van der Waals surface area contributed by atoms with Gasteiger partial charge in [0.1, 0.15) is 5.75 Å². The number of aromatic hydroxyl groups is 1. The Balaban J connectivity index is 2.27. The molecule has 0 radical (unpaired) electrons. The van der Waals surface area contributed by atoms with Crippen LogP contribution in [0.2, 0.25) is 10.0 Å². The van der Waals surface area contributed by atoms with Gasteiger partial charge < -0.3 is 14.4 Å². The molecule has 2 rings (SSSR count). The number of hydrogen-bond donors (Lipinski definition) is 1. The van der Waals surface area contributed by atoms with Crippen LogP contribution in [0.5, 0.6) is 5.75 Å². The lowest BCUT2D eigenvalue weighted by Crippen LogP contribution is -2.12. The topological polar surface area (TPSA) is 72.8 Å². The molecule has 0 aliphatic rings. The molecule has 0 aliphatic heterocycles. The molecule has 26 heavy (non-hydrogen) atoms. The molecule has 0 aliphatic carbocycles. The maximum atomic E-state index is 13.3. The zero-order chi connectivity index (χ0) is 19.3. The molecule has 1 N–H and O–H groups in total. The number of phenolic OH excluding ortho intramolecular Hbond substituents is 1. The number of halogens is 2. The average Bonchev–Trinajstić information content (AvgIpc) is 2.59. The lowest BCUT2D eigenvalue weighted by atomic mass is 10.1. The molecule has 140 valence electrons. The van der Waals surface area contributed by atoms with Gasteiger partial charge in [-0.05, 0) is 49.2 Å². The summed E-state index contributed by atoms with van der Waals surface area (Å²) in [4.78, 5) is 11.7. The van der Waals surface area contributed by atoms with E-state index in [9.17, 15) is 14.5 Å². The van der Waals surface area contributed by atoms with Crippen molar-refractivity contribution in [3.05, 3.63) is 57.6 Å². The summed E-state index contributed by atoms with van der Waals surface area (Å²) in [6.07, 6.45) is 0.572. The molecule has 5 nitrogen and oxygen atoms in total. The minimum Gasteiger partial charge on any atom is -0.508 e. The van der Waals surface area contributed by atoms with E-state index < -0.39 is 13.3 Å². The van der Waals surface area contributed by atoms with Gasteiger partial charge in [0.05, 0.1) is 29.3 Å². The second-order valence-electron chi connectivity index (χ2n) is 5.51. The van der Waals surface area contributed by atoms with E-state index in [1.807, 2.05) is 0 Å². The van der Waals surface area contributed by atoms with Crippen LogP contribution in [0, 0.1) is 0 Å². The third-order valence-electron chi connectivity index (χ3n) is 3.75. The van der Waals surface area contributed by atoms with Crippen molar-refractivity contribution in [1.29, 1.82) is 0 Å². The van der Waals surface area contributed by atoms with Gasteiger partial charge in [-0.3, -0.25) is 4.57 Å². The van der Waals surface area contributed by atoms with E-state index in [4.69, 9.17) is 27.7 Å². The summed E-state index contributed by atoms with van der Waals surface area (Å²) < 4.78 is 23.5. The highest BCUT2D eigenvalue weighted by Crippen LogP contribution is 2.46. The first-order valence-electron chi connectivity index (χ1n) is 7.90. The summed E-state index contributed by atoms with van der Waals surface area (Å²) in [5.74, 6) is -0.595. The van der Waals surface area contributed by atoms with E-state index in [0.717, 1.165) is 0 Å². The van der Waals surface area contributed by atoms with E-state index in [2.05, 4.69) is 4.74 Å². The van der Waals surface area contributed by atoms with E-state index in [1.165, 1.54) is 19.2 Å². The third kappa shape index (κ3) is 4.80. The summed E-state index contributed by atoms with van der Waals surface area (Å²) in [6.45, 7) is 2.03. The van der Waals surface area contributed by atoms with Crippen molar-refractivity contribution in [3.8, 4) is 5.75 Å². The van der Waals surface area contributed by atoms with Gasteiger partial charge in [0.2, 0.25) is 7.37 Å². The monoisotopic (exact) mass is 416 g/mol. The molecule has 2 aromatic carbocycles. The largest absolute Gasteiger partial charge is 0.508 e. The molecule has 0 aromatic heterocycles. The Morgan fingerprint density at radius 2 is 1.85 bits per heavy atom. The van der Waals surface area contributed by atoms with Crippen LogP contribution < -0.4 is 5.30 Å². The van der Waals surface area contributed by atoms with Gasteiger partial charge >= 0.3 is 5.97 Å². The van der Waals surface area contributed by atoms with Crippen molar-refractivity contribution in [1.82, 2.24) is 0 Å². The predicted molar refractivity (Wildman–Crippen MR) is 103 cm³/mol. The molecule has 0 amide bonds. The number of hydrogen-bond acceptors (Lipinski definition) is 5. The van der Waals surface area contributed by atoms with Gasteiger partial charge in [-0.15, -0.1) is 0 Å². The highest BCUT2D eigenvalue weighted by atomic mass is 35.5. The number of carbonyl (C=O) groups excluding carboxylic acids is 1. The second-order valence-corrected chi connectivity index (χ2v) is 8.89. The molecule has 2 aromatic rings. The smallest absolute Gasteiger partial charge is 0.340 e. The van der Waals surface area contributed by atoms with Crippen molar-refractivity contribution in [2.24, 2.45) is 0 Å². The van der Waals surface area contributed by atoms with E-state index in [0.29, 0.717) is 17.3 Å². The summed E-state index contributed by atoms with van der Waals surface area (Å²) in [5.41, 5.74) is 0.813. The molecule has 0 bridgehead atoms. The Hall–Kier alpha value is -1.52. The summed E-state index contributed by atoms with van der Waals surface area (Å²) in [6, 6.07) is 9.42. The van der Waals surface area contributed by atoms with E-state index in [-0.39, 0.29) is 34.1 Å². The first kappa shape index (κ1) is 20.8. The van der Waals surface area contributed by atoms with Crippen molar-refractivity contribution in [3.63, 3.8) is 0 Å². The van der Waals surface area contributed by atoms with Crippen LogP contribution in [0.15, 0.2) is 36.4 Å². The van der Waals surface area contributed by atoms with Crippen molar-refractivity contribution in [2.75, 3.05) is 19.9 Å². The Morgan fingerprint density at radius 3 is 2.38 bits per heavy atom. The first-order chi connectivity index (χ1) is 12.3.